The molecule has 0 radical (unpaired) electrons. The van der Waals surface area contributed by atoms with E-state index in [1.165, 1.54) is 7.11 Å². The Hall–Kier alpha value is -1.03. The van der Waals surface area contributed by atoms with Gasteiger partial charge in [-0.3, -0.25) is 0 Å². The van der Waals surface area contributed by atoms with Crippen LogP contribution in [0, 0.1) is 6.92 Å². The van der Waals surface area contributed by atoms with E-state index in [-0.39, 0.29) is 11.2 Å². The van der Waals surface area contributed by atoms with Crippen LogP contribution in [0.4, 0.5) is 5.69 Å². The molecule has 0 atom stereocenters. The summed E-state index contributed by atoms with van der Waals surface area (Å²) >= 11 is 5.64. The second kappa shape index (κ2) is 2.92. The fourth-order valence-corrected chi connectivity index (χ4v) is 0.823. The third-order valence-electron chi connectivity index (χ3n) is 1.25. The summed E-state index contributed by atoms with van der Waals surface area (Å²) in [5.74, 6) is 0. The number of nitrogens with two attached hydrogens (primary N) is 1. The van der Waals surface area contributed by atoms with Crippen molar-refractivity contribution in [3.8, 4) is 6.01 Å². The van der Waals surface area contributed by atoms with Crippen molar-refractivity contribution < 1.29 is 4.74 Å². The lowest BCUT2D eigenvalue weighted by Crippen LogP contribution is -1.99. The van der Waals surface area contributed by atoms with Crippen LogP contribution in [0.1, 0.15) is 5.69 Å². The first kappa shape index (κ1) is 8.07. The fourth-order valence-electron chi connectivity index (χ4n) is 0.613. The first-order valence-electron chi connectivity index (χ1n) is 2.98. The van der Waals surface area contributed by atoms with E-state index in [9.17, 15) is 0 Å². The summed E-state index contributed by atoms with van der Waals surface area (Å²) in [6.45, 7) is 1.74. The molecule has 0 amide bonds. The monoisotopic (exact) mass is 173 g/mol. The van der Waals surface area contributed by atoms with Gasteiger partial charge in [0.15, 0.2) is 5.15 Å². The number of aryl methyl sites for hydroxylation is 1. The lowest BCUT2D eigenvalue weighted by molar-refractivity contribution is 0.379. The van der Waals surface area contributed by atoms with Crippen molar-refractivity contribution in [1.29, 1.82) is 0 Å². The van der Waals surface area contributed by atoms with E-state index in [1.807, 2.05) is 0 Å². The van der Waals surface area contributed by atoms with Gasteiger partial charge >= 0.3 is 6.01 Å². The second-order valence-corrected chi connectivity index (χ2v) is 2.36. The lowest BCUT2D eigenvalue weighted by atomic mass is 10.4. The maximum atomic E-state index is 5.64. The van der Waals surface area contributed by atoms with Crippen molar-refractivity contribution in [3.63, 3.8) is 0 Å². The van der Waals surface area contributed by atoms with Gasteiger partial charge in [-0.15, -0.1) is 0 Å². The number of hydrogen-bond donors (Lipinski definition) is 1. The fraction of sp³-hybridized carbons (Fsp3) is 0.333. The van der Waals surface area contributed by atoms with Gasteiger partial charge in [-0.2, -0.15) is 9.97 Å². The Morgan fingerprint density at radius 3 is 2.55 bits per heavy atom. The van der Waals surface area contributed by atoms with Gasteiger partial charge < -0.3 is 10.5 Å². The molecule has 5 heteroatoms. The molecule has 0 aliphatic rings. The Labute approximate surface area is 69.4 Å². The standard InChI is InChI=1S/C6H8ClN3O/c1-3-4(8)5(7)10-6(9-3)11-2/h8H2,1-2H3. The van der Waals surface area contributed by atoms with Crippen molar-refractivity contribution in [2.45, 2.75) is 6.92 Å². The molecule has 0 unspecified atom stereocenters. The highest BCUT2D eigenvalue weighted by atomic mass is 35.5. The van der Waals surface area contributed by atoms with Gasteiger partial charge in [0, 0.05) is 0 Å². The van der Waals surface area contributed by atoms with E-state index >= 15 is 0 Å². The van der Waals surface area contributed by atoms with Crippen molar-refractivity contribution in [3.05, 3.63) is 10.8 Å². The molecule has 1 aromatic rings. The molecule has 2 N–H and O–H groups in total. The van der Waals surface area contributed by atoms with E-state index in [0.717, 1.165) is 0 Å². The first-order valence-corrected chi connectivity index (χ1v) is 3.36. The number of ether oxygens (including phenoxy) is 1. The number of hydrogen-bond acceptors (Lipinski definition) is 4. The summed E-state index contributed by atoms with van der Waals surface area (Å²) < 4.78 is 4.77. The molecule has 1 heterocycles. The molecule has 0 spiro atoms. The highest BCUT2D eigenvalue weighted by Gasteiger charge is 2.05. The zero-order valence-corrected chi connectivity index (χ0v) is 7.01. The summed E-state index contributed by atoms with van der Waals surface area (Å²) in [6, 6.07) is 0.238. The van der Waals surface area contributed by atoms with Crippen LogP contribution in [-0.2, 0) is 0 Å². The molecule has 0 fully saturated rings. The van der Waals surface area contributed by atoms with E-state index < -0.39 is 0 Å². The van der Waals surface area contributed by atoms with Crippen molar-refractivity contribution in [2.24, 2.45) is 0 Å². The maximum absolute atomic E-state index is 5.64. The molecular formula is C6H8ClN3O. The van der Waals surface area contributed by atoms with Gasteiger partial charge in [-0.1, -0.05) is 11.6 Å². The topological polar surface area (TPSA) is 61.0 Å². The van der Waals surface area contributed by atoms with Crippen LogP contribution in [0.3, 0.4) is 0 Å². The highest BCUT2D eigenvalue weighted by molar-refractivity contribution is 6.31. The molecule has 1 aromatic heterocycles. The quantitative estimate of drug-likeness (QED) is 0.645. The normalized spacial score (nSPS) is 9.73. The predicted octanol–water partition coefficient (Wildman–Crippen LogP) is 1.03. The molecule has 0 saturated carbocycles. The minimum Gasteiger partial charge on any atom is -0.467 e. The number of halogens is 1. The third kappa shape index (κ3) is 1.51. The molecule has 0 aliphatic heterocycles. The van der Waals surface area contributed by atoms with Crippen LogP contribution in [0.25, 0.3) is 0 Å². The number of aromatic nitrogens is 2. The number of nitrogens with zero attached hydrogens (tertiary/aromatic N) is 2. The van der Waals surface area contributed by atoms with Crippen LogP contribution in [0.15, 0.2) is 0 Å². The summed E-state index contributed by atoms with van der Waals surface area (Å²) in [7, 11) is 1.47. The van der Waals surface area contributed by atoms with Crippen molar-refractivity contribution in [2.75, 3.05) is 12.8 Å². The Morgan fingerprint density at radius 1 is 1.45 bits per heavy atom. The maximum Gasteiger partial charge on any atom is 0.317 e. The largest absolute Gasteiger partial charge is 0.467 e. The average Bonchev–Trinajstić information content (AvgIpc) is 1.99. The number of nitrogen functional groups attached to an aromatic ring is 1. The summed E-state index contributed by atoms with van der Waals surface area (Å²) in [5.41, 5.74) is 6.52. The first-order chi connectivity index (χ1) is 5.15. The smallest absolute Gasteiger partial charge is 0.317 e. The number of rotatable bonds is 1. The minimum absolute atomic E-state index is 0.231. The SMILES string of the molecule is COc1nc(C)c(N)c(Cl)n1. The summed E-state index contributed by atoms with van der Waals surface area (Å²) in [4.78, 5) is 7.67. The van der Waals surface area contributed by atoms with Crippen molar-refractivity contribution >= 4 is 17.3 Å². The van der Waals surface area contributed by atoms with Gasteiger partial charge in [-0.25, -0.2) is 0 Å². The Balaban J connectivity index is 3.21. The Bertz CT molecular complexity index is 254. The Morgan fingerprint density at radius 2 is 2.09 bits per heavy atom. The average molecular weight is 174 g/mol. The third-order valence-corrected chi connectivity index (χ3v) is 1.54. The Kier molecular flexibility index (Phi) is 2.14. The predicted molar refractivity (Wildman–Crippen MR) is 42.7 cm³/mol. The van der Waals surface area contributed by atoms with Crippen LogP contribution in [0.2, 0.25) is 5.15 Å². The molecule has 1 rings (SSSR count). The van der Waals surface area contributed by atoms with Crippen molar-refractivity contribution in [1.82, 2.24) is 9.97 Å². The molecular weight excluding hydrogens is 166 g/mol. The van der Waals surface area contributed by atoms with Crippen LogP contribution < -0.4 is 10.5 Å². The van der Waals surface area contributed by atoms with Gasteiger partial charge in [0.1, 0.15) is 0 Å². The van der Waals surface area contributed by atoms with Gasteiger partial charge in [0.2, 0.25) is 0 Å². The number of anilines is 1. The molecule has 11 heavy (non-hydrogen) atoms. The van der Waals surface area contributed by atoms with Crippen LogP contribution >= 0.6 is 11.6 Å². The van der Waals surface area contributed by atoms with Gasteiger partial charge in [0.05, 0.1) is 18.5 Å². The van der Waals surface area contributed by atoms with Crippen LogP contribution in [-0.4, -0.2) is 17.1 Å². The lowest BCUT2D eigenvalue weighted by Gasteiger charge is -2.02. The highest BCUT2D eigenvalue weighted by Crippen LogP contribution is 2.20. The molecule has 0 aromatic carbocycles. The zero-order chi connectivity index (χ0) is 8.43. The van der Waals surface area contributed by atoms with E-state index in [1.54, 1.807) is 6.92 Å². The molecule has 0 bridgehead atoms. The van der Waals surface area contributed by atoms with Gasteiger partial charge in [0.25, 0.3) is 0 Å². The zero-order valence-electron chi connectivity index (χ0n) is 6.26. The van der Waals surface area contributed by atoms with E-state index in [0.29, 0.717) is 11.4 Å². The summed E-state index contributed by atoms with van der Waals surface area (Å²) in [6.07, 6.45) is 0. The molecule has 0 saturated heterocycles. The van der Waals surface area contributed by atoms with E-state index in [4.69, 9.17) is 22.1 Å². The van der Waals surface area contributed by atoms with E-state index in [2.05, 4.69) is 9.97 Å². The molecule has 4 nitrogen and oxygen atoms in total. The summed E-state index contributed by atoms with van der Waals surface area (Å²) in [5, 5.41) is 0.231. The minimum atomic E-state index is 0.231. The molecule has 60 valence electrons. The van der Waals surface area contributed by atoms with Crippen LogP contribution in [0.5, 0.6) is 6.01 Å². The van der Waals surface area contributed by atoms with Gasteiger partial charge in [-0.05, 0) is 6.92 Å². The number of methoxy groups -OCH3 is 1. The molecule has 0 aliphatic carbocycles. The second-order valence-electron chi connectivity index (χ2n) is 2.00.